The average molecular weight is 533 g/mol. The molecule has 0 unspecified atom stereocenters. The third-order valence-electron chi connectivity index (χ3n) is 5.91. The van der Waals surface area contributed by atoms with Crippen LogP contribution in [0.2, 0.25) is 0 Å². The molecule has 1 fully saturated rings. The Labute approximate surface area is 225 Å². The molecule has 0 radical (unpaired) electrons. The molecule has 1 aliphatic rings. The molecule has 0 atom stereocenters. The molecule has 4 rings (SSSR count). The maximum atomic E-state index is 12.8. The van der Waals surface area contributed by atoms with Gasteiger partial charge in [0, 0.05) is 11.6 Å². The van der Waals surface area contributed by atoms with E-state index in [1.54, 1.807) is 42.5 Å². The second kappa shape index (κ2) is 11.5. The highest BCUT2D eigenvalue weighted by Gasteiger charge is 2.36. The predicted octanol–water partition coefficient (Wildman–Crippen LogP) is 6.59. The van der Waals surface area contributed by atoms with Crippen LogP contribution in [-0.4, -0.2) is 34.2 Å². The lowest BCUT2D eigenvalue weighted by Crippen LogP contribution is -2.27. The van der Waals surface area contributed by atoms with Crippen LogP contribution in [0.25, 0.3) is 6.08 Å². The van der Waals surface area contributed by atoms with Gasteiger partial charge in [-0.1, -0.05) is 63.2 Å². The third kappa shape index (κ3) is 6.60. The summed E-state index contributed by atoms with van der Waals surface area (Å²) in [7, 11) is 0. The molecule has 0 aliphatic carbocycles. The fraction of sp³-hybridized carbons (Fsp3) is 0.241. The fourth-order valence-corrected chi connectivity index (χ4v) is 4.65. The molecule has 0 bridgehead atoms. The summed E-state index contributed by atoms with van der Waals surface area (Å²) in [5.41, 5.74) is 2.23. The summed E-state index contributed by atoms with van der Waals surface area (Å²) < 4.78 is 11.5. The number of thioether (sulfide) groups is 1. The molecule has 1 heterocycles. The maximum absolute atomic E-state index is 12.8. The van der Waals surface area contributed by atoms with Crippen molar-refractivity contribution in [1.29, 1.82) is 0 Å². The van der Waals surface area contributed by atoms with Crippen LogP contribution < -0.4 is 9.47 Å². The topological polar surface area (TPSA) is 99.0 Å². The summed E-state index contributed by atoms with van der Waals surface area (Å²) in [4.78, 5) is 37.3. The number of benzene rings is 3. The van der Waals surface area contributed by atoms with Gasteiger partial charge in [0.1, 0.15) is 24.7 Å². The minimum atomic E-state index is -0.524. The minimum absolute atomic E-state index is 0.0910. The van der Waals surface area contributed by atoms with Crippen molar-refractivity contribution in [3.8, 4) is 11.5 Å². The van der Waals surface area contributed by atoms with Gasteiger partial charge in [-0.2, -0.15) is 0 Å². The van der Waals surface area contributed by atoms with Gasteiger partial charge in [0.05, 0.1) is 16.4 Å². The minimum Gasteiger partial charge on any atom is -0.490 e. The van der Waals surface area contributed by atoms with E-state index in [1.165, 1.54) is 17.7 Å². The molecule has 0 N–H and O–H groups in total. The van der Waals surface area contributed by atoms with Crippen LogP contribution in [0.3, 0.4) is 0 Å². The number of hydrogen-bond acceptors (Lipinski definition) is 7. The highest BCUT2D eigenvalue weighted by Crippen LogP contribution is 2.34. The quantitative estimate of drug-likeness (QED) is 0.133. The Morgan fingerprint density at radius 3 is 2.05 bits per heavy atom. The Hall–Kier alpha value is -4.11. The second-order valence-corrected chi connectivity index (χ2v) is 10.7. The molecule has 3 aromatic carbocycles. The standard InChI is InChI=1S/C29H28N2O6S/c1-29(2,3)22-10-14-24(15-11-22)37-17-16-36-23-12-8-20(9-13-23)18-26-27(32)30(28(33)38-26)19-21-6-4-5-7-25(21)31(34)35/h4-15,18H,16-17,19H2,1-3H3/b26-18-. The van der Waals surface area contributed by atoms with Gasteiger partial charge in [-0.3, -0.25) is 24.6 Å². The Bertz CT molecular complexity index is 1360. The Kier molecular flexibility index (Phi) is 8.16. The molecule has 3 aromatic rings. The molecule has 0 spiro atoms. The van der Waals surface area contributed by atoms with E-state index >= 15 is 0 Å². The first-order valence-electron chi connectivity index (χ1n) is 12.1. The van der Waals surface area contributed by atoms with Crippen molar-refractivity contribution in [1.82, 2.24) is 4.90 Å². The van der Waals surface area contributed by atoms with Crippen LogP contribution in [0, 0.1) is 10.1 Å². The van der Waals surface area contributed by atoms with Gasteiger partial charge in [-0.15, -0.1) is 0 Å². The Balaban J connectivity index is 1.30. The molecule has 1 saturated heterocycles. The summed E-state index contributed by atoms with van der Waals surface area (Å²) >= 11 is 0.812. The molecule has 38 heavy (non-hydrogen) atoms. The van der Waals surface area contributed by atoms with Gasteiger partial charge in [-0.05, 0) is 58.6 Å². The van der Waals surface area contributed by atoms with E-state index in [1.807, 2.05) is 12.1 Å². The maximum Gasteiger partial charge on any atom is 0.293 e. The van der Waals surface area contributed by atoms with Crippen LogP contribution >= 0.6 is 11.8 Å². The van der Waals surface area contributed by atoms with E-state index in [0.717, 1.165) is 28.0 Å². The number of para-hydroxylation sites is 1. The highest BCUT2D eigenvalue weighted by molar-refractivity contribution is 8.18. The molecule has 8 nitrogen and oxygen atoms in total. The van der Waals surface area contributed by atoms with E-state index in [0.29, 0.717) is 24.5 Å². The predicted molar refractivity (Wildman–Crippen MR) is 147 cm³/mol. The largest absolute Gasteiger partial charge is 0.490 e. The first kappa shape index (κ1) is 26.9. The van der Waals surface area contributed by atoms with Gasteiger partial charge in [-0.25, -0.2) is 0 Å². The Morgan fingerprint density at radius 2 is 1.47 bits per heavy atom. The lowest BCUT2D eigenvalue weighted by Gasteiger charge is -2.19. The lowest BCUT2D eigenvalue weighted by molar-refractivity contribution is -0.385. The van der Waals surface area contributed by atoms with Gasteiger partial charge < -0.3 is 9.47 Å². The average Bonchev–Trinajstić information content (AvgIpc) is 3.15. The van der Waals surface area contributed by atoms with Crippen molar-refractivity contribution in [3.05, 3.63) is 105 Å². The number of carbonyl (C=O) groups is 2. The summed E-state index contributed by atoms with van der Waals surface area (Å²) in [6, 6.07) is 21.2. The van der Waals surface area contributed by atoms with Crippen LogP contribution in [0.4, 0.5) is 10.5 Å². The number of imide groups is 1. The van der Waals surface area contributed by atoms with Crippen LogP contribution in [-0.2, 0) is 16.8 Å². The van der Waals surface area contributed by atoms with Crippen LogP contribution in [0.1, 0.15) is 37.5 Å². The highest BCUT2D eigenvalue weighted by atomic mass is 32.2. The molecule has 1 aliphatic heterocycles. The number of amides is 2. The monoisotopic (exact) mass is 532 g/mol. The van der Waals surface area contributed by atoms with Crippen molar-refractivity contribution < 1.29 is 24.0 Å². The number of rotatable bonds is 9. The summed E-state index contributed by atoms with van der Waals surface area (Å²) in [5, 5.41) is 10.8. The summed E-state index contributed by atoms with van der Waals surface area (Å²) in [6.07, 6.45) is 1.62. The van der Waals surface area contributed by atoms with E-state index in [9.17, 15) is 19.7 Å². The third-order valence-corrected chi connectivity index (χ3v) is 6.82. The molecule has 2 amide bonds. The van der Waals surface area contributed by atoms with E-state index in [2.05, 4.69) is 32.9 Å². The zero-order valence-electron chi connectivity index (χ0n) is 21.4. The SMILES string of the molecule is CC(C)(C)c1ccc(OCCOc2ccc(/C=C3\SC(=O)N(Cc4ccccc4[N+](=O)[O-])C3=O)cc2)cc1. The molecular formula is C29H28N2O6S. The van der Waals surface area contributed by atoms with Crippen molar-refractivity contribution in [3.63, 3.8) is 0 Å². The van der Waals surface area contributed by atoms with Crippen molar-refractivity contribution >= 4 is 34.7 Å². The number of nitrogens with zero attached hydrogens (tertiary/aromatic N) is 2. The zero-order valence-corrected chi connectivity index (χ0v) is 22.2. The first-order valence-corrected chi connectivity index (χ1v) is 12.9. The summed E-state index contributed by atoms with van der Waals surface area (Å²) in [6.45, 7) is 7.10. The van der Waals surface area contributed by atoms with E-state index in [4.69, 9.17) is 9.47 Å². The van der Waals surface area contributed by atoms with Gasteiger partial charge in [0.25, 0.3) is 16.8 Å². The number of ether oxygens (including phenoxy) is 2. The Morgan fingerprint density at radius 1 is 0.895 bits per heavy atom. The normalized spacial score (nSPS) is 14.7. The number of nitro benzene ring substituents is 1. The van der Waals surface area contributed by atoms with Gasteiger partial charge >= 0.3 is 0 Å². The first-order chi connectivity index (χ1) is 18.1. The molecule has 9 heteroatoms. The number of hydrogen-bond donors (Lipinski definition) is 0. The lowest BCUT2D eigenvalue weighted by atomic mass is 9.87. The van der Waals surface area contributed by atoms with E-state index in [-0.39, 0.29) is 22.6 Å². The van der Waals surface area contributed by atoms with Gasteiger partial charge in [0.2, 0.25) is 0 Å². The van der Waals surface area contributed by atoms with Crippen LogP contribution in [0.5, 0.6) is 11.5 Å². The second-order valence-electron chi connectivity index (χ2n) is 9.69. The number of nitro groups is 1. The number of carbonyl (C=O) groups excluding carboxylic acids is 2. The fourth-order valence-electron chi connectivity index (χ4n) is 3.81. The molecular weight excluding hydrogens is 504 g/mol. The summed E-state index contributed by atoms with van der Waals surface area (Å²) in [5.74, 6) is 0.956. The molecule has 196 valence electrons. The smallest absolute Gasteiger partial charge is 0.293 e. The molecule has 0 saturated carbocycles. The molecule has 0 aromatic heterocycles. The van der Waals surface area contributed by atoms with Crippen molar-refractivity contribution in [2.24, 2.45) is 0 Å². The van der Waals surface area contributed by atoms with Gasteiger partial charge in [0.15, 0.2) is 0 Å². The van der Waals surface area contributed by atoms with Crippen molar-refractivity contribution in [2.45, 2.75) is 32.7 Å². The zero-order chi connectivity index (χ0) is 27.3. The van der Waals surface area contributed by atoms with E-state index < -0.39 is 16.1 Å². The van der Waals surface area contributed by atoms with Crippen molar-refractivity contribution in [2.75, 3.05) is 13.2 Å². The van der Waals surface area contributed by atoms with Crippen LogP contribution in [0.15, 0.2) is 77.7 Å².